The molecule has 2 nitrogen and oxygen atoms in total. The lowest BCUT2D eigenvalue weighted by molar-refractivity contribution is -0.133. The van der Waals surface area contributed by atoms with Crippen LogP contribution in [0.4, 0.5) is 0 Å². The van der Waals surface area contributed by atoms with E-state index >= 15 is 0 Å². The zero-order valence-electron chi connectivity index (χ0n) is 9.47. The molecule has 0 bridgehead atoms. The largest absolute Gasteiger partial charge is 0.346 e. The molecule has 1 atom stereocenters. The highest BCUT2D eigenvalue weighted by atomic mass is 16.2. The molecular weight excluding hydrogens is 162 g/mol. The Labute approximate surface area is 82.3 Å². The molecule has 0 rings (SSSR count). The predicted molar refractivity (Wildman–Crippen MR) is 56.6 cm³/mol. The molecule has 0 aromatic heterocycles. The van der Waals surface area contributed by atoms with Gasteiger partial charge in [-0.1, -0.05) is 33.6 Å². The topological polar surface area (TPSA) is 20.3 Å². The van der Waals surface area contributed by atoms with E-state index in [2.05, 4.69) is 13.8 Å². The SMILES string of the molecule is CCCCCN(C)C(=O)C(C)CC. The first-order chi connectivity index (χ1) is 6.13. The molecule has 0 aromatic carbocycles. The summed E-state index contributed by atoms with van der Waals surface area (Å²) in [5.74, 6) is 0.477. The lowest BCUT2D eigenvalue weighted by Gasteiger charge is -2.20. The molecule has 0 heterocycles. The molecule has 13 heavy (non-hydrogen) atoms. The maximum atomic E-state index is 11.6. The Balaban J connectivity index is 3.69. The fraction of sp³-hybridized carbons (Fsp3) is 0.909. The van der Waals surface area contributed by atoms with Crippen LogP contribution in [0.2, 0.25) is 0 Å². The summed E-state index contributed by atoms with van der Waals surface area (Å²) in [6.07, 6.45) is 4.51. The molecule has 2 heteroatoms. The standard InChI is InChI=1S/C11H23NO/c1-5-7-8-9-12(4)11(13)10(3)6-2/h10H,5-9H2,1-4H3. The van der Waals surface area contributed by atoms with E-state index in [9.17, 15) is 4.79 Å². The van der Waals surface area contributed by atoms with Gasteiger partial charge in [-0.15, -0.1) is 0 Å². The summed E-state index contributed by atoms with van der Waals surface area (Å²) in [4.78, 5) is 13.5. The van der Waals surface area contributed by atoms with Gasteiger partial charge in [-0.3, -0.25) is 4.79 Å². The van der Waals surface area contributed by atoms with Crippen molar-refractivity contribution in [1.82, 2.24) is 4.90 Å². The fourth-order valence-corrected chi connectivity index (χ4v) is 1.26. The lowest BCUT2D eigenvalue weighted by Crippen LogP contribution is -2.32. The van der Waals surface area contributed by atoms with Gasteiger partial charge >= 0.3 is 0 Å². The minimum atomic E-state index is 0.187. The maximum absolute atomic E-state index is 11.6. The van der Waals surface area contributed by atoms with Gasteiger partial charge in [-0.25, -0.2) is 0 Å². The first kappa shape index (κ1) is 12.5. The van der Waals surface area contributed by atoms with Crippen molar-refractivity contribution in [3.8, 4) is 0 Å². The summed E-state index contributed by atoms with van der Waals surface area (Å²) >= 11 is 0. The summed E-state index contributed by atoms with van der Waals surface area (Å²) in [5, 5.41) is 0. The number of carbonyl (C=O) groups is 1. The average Bonchev–Trinajstić information content (AvgIpc) is 2.15. The van der Waals surface area contributed by atoms with Gasteiger partial charge in [-0.05, 0) is 12.8 Å². The van der Waals surface area contributed by atoms with E-state index in [0.29, 0.717) is 5.91 Å². The second-order valence-electron chi connectivity index (χ2n) is 3.78. The van der Waals surface area contributed by atoms with Crippen LogP contribution in [0.15, 0.2) is 0 Å². The van der Waals surface area contributed by atoms with Crippen LogP contribution in [0, 0.1) is 5.92 Å². The monoisotopic (exact) mass is 185 g/mol. The number of hydrogen-bond acceptors (Lipinski definition) is 1. The molecule has 0 aliphatic carbocycles. The molecule has 0 aromatic rings. The molecule has 0 spiro atoms. The predicted octanol–water partition coefficient (Wildman–Crippen LogP) is 2.68. The molecule has 0 aliphatic heterocycles. The molecule has 0 saturated carbocycles. The number of amides is 1. The van der Waals surface area contributed by atoms with Crippen LogP contribution in [0.25, 0.3) is 0 Å². The number of rotatable bonds is 6. The first-order valence-electron chi connectivity index (χ1n) is 5.38. The third-order valence-electron chi connectivity index (χ3n) is 2.51. The third-order valence-corrected chi connectivity index (χ3v) is 2.51. The Kier molecular flexibility index (Phi) is 6.65. The van der Waals surface area contributed by atoms with Crippen LogP contribution < -0.4 is 0 Å². The molecule has 0 N–H and O–H groups in total. The highest BCUT2D eigenvalue weighted by Crippen LogP contribution is 2.06. The quantitative estimate of drug-likeness (QED) is 0.583. The zero-order chi connectivity index (χ0) is 10.3. The minimum Gasteiger partial charge on any atom is -0.346 e. The van der Waals surface area contributed by atoms with Crippen molar-refractivity contribution in [2.75, 3.05) is 13.6 Å². The first-order valence-corrected chi connectivity index (χ1v) is 5.38. The van der Waals surface area contributed by atoms with E-state index in [0.717, 1.165) is 19.4 Å². The van der Waals surface area contributed by atoms with Crippen molar-refractivity contribution in [3.63, 3.8) is 0 Å². The van der Waals surface area contributed by atoms with Gasteiger partial charge in [0.2, 0.25) is 5.91 Å². The van der Waals surface area contributed by atoms with Gasteiger partial charge in [0, 0.05) is 19.5 Å². The van der Waals surface area contributed by atoms with E-state index < -0.39 is 0 Å². The van der Waals surface area contributed by atoms with Gasteiger partial charge < -0.3 is 4.90 Å². The van der Waals surface area contributed by atoms with Crippen molar-refractivity contribution in [2.24, 2.45) is 5.92 Å². The van der Waals surface area contributed by atoms with Crippen LogP contribution in [-0.4, -0.2) is 24.4 Å². The van der Waals surface area contributed by atoms with Crippen LogP contribution in [0.5, 0.6) is 0 Å². The van der Waals surface area contributed by atoms with E-state index in [-0.39, 0.29) is 5.92 Å². The van der Waals surface area contributed by atoms with Crippen molar-refractivity contribution in [1.29, 1.82) is 0 Å². The van der Waals surface area contributed by atoms with Gasteiger partial charge in [0.15, 0.2) is 0 Å². The number of unbranched alkanes of at least 4 members (excludes halogenated alkanes) is 2. The maximum Gasteiger partial charge on any atom is 0.225 e. The third kappa shape index (κ3) is 4.91. The van der Waals surface area contributed by atoms with Gasteiger partial charge in [0.05, 0.1) is 0 Å². The summed E-state index contributed by atoms with van der Waals surface area (Å²) in [6, 6.07) is 0. The number of carbonyl (C=O) groups excluding carboxylic acids is 1. The molecule has 0 aliphatic rings. The highest BCUT2D eigenvalue weighted by Gasteiger charge is 2.14. The second-order valence-corrected chi connectivity index (χ2v) is 3.78. The smallest absolute Gasteiger partial charge is 0.225 e. The van der Waals surface area contributed by atoms with E-state index in [1.54, 1.807) is 0 Å². The Hall–Kier alpha value is -0.530. The summed E-state index contributed by atoms with van der Waals surface area (Å²) in [7, 11) is 1.91. The Morgan fingerprint density at radius 2 is 1.92 bits per heavy atom. The summed E-state index contributed by atoms with van der Waals surface area (Å²) in [5.41, 5.74) is 0. The molecule has 0 radical (unpaired) electrons. The zero-order valence-corrected chi connectivity index (χ0v) is 9.47. The molecule has 0 fully saturated rings. The van der Waals surface area contributed by atoms with Crippen LogP contribution >= 0.6 is 0 Å². The average molecular weight is 185 g/mol. The van der Waals surface area contributed by atoms with Crippen molar-refractivity contribution in [3.05, 3.63) is 0 Å². The number of hydrogen-bond donors (Lipinski definition) is 0. The van der Waals surface area contributed by atoms with Crippen LogP contribution in [0.3, 0.4) is 0 Å². The van der Waals surface area contributed by atoms with Crippen molar-refractivity contribution in [2.45, 2.75) is 46.5 Å². The second kappa shape index (κ2) is 6.93. The number of nitrogens with zero attached hydrogens (tertiary/aromatic N) is 1. The Morgan fingerprint density at radius 1 is 1.31 bits per heavy atom. The van der Waals surface area contributed by atoms with Crippen LogP contribution in [0.1, 0.15) is 46.5 Å². The molecule has 1 amide bonds. The van der Waals surface area contributed by atoms with E-state index in [1.165, 1.54) is 12.8 Å². The van der Waals surface area contributed by atoms with Gasteiger partial charge in [0.25, 0.3) is 0 Å². The minimum absolute atomic E-state index is 0.187. The van der Waals surface area contributed by atoms with Crippen molar-refractivity contribution < 1.29 is 4.79 Å². The Morgan fingerprint density at radius 3 is 2.38 bits per heavy atom. The molecule has 1 unspecified atom stereocenters. The Bertz CT molecular complexity index is 145. The van der Waals surface area contributed by atoms with Crippen LogP contribution in [-0.2, 0) is 4.79 Å². The lowest BCUT2D eigenvalue weighted by atomic mass is 10.1. The van der Waals surface area contributed by atoms with Gasteiger partial charge in [0.1, 0.15) is 0 Å². The van der Waals surface area contributed by atoms with E-state index in [1.807, 2.05) is 18.9 Å². The molecular formula is C11H23NO. The van der Waals surface area contributed by atoms with Crippen molar-refractivity contribution >= 4 is 5.91 Å². The van der Waals surface area contributed by atoms with Gasteiger partial charge in [-0.2, -0.15) is 0 Å². The molecule has 78 valence electrons. The summed E-state index contributed by atoms with van der Waals surface area (Å²) in [6.45, 7) is 7.15. The normalized spacial score (nSPS) is 12.6. The van der Waals surface area contributed by atoms with E-state index in [4.69, 9.17) is 0 Å². The molecule has 0 saturated heterocycles. The highest BCUT2D eigenvalue weighted by molar-refractivity contribution is 5.78. The summed E-state index contributed by atoms with van der Waals surface area (Å²) < 4.78 is 0. The fourth-order valence-electron chi connectivity index (χ4n) is 1.26.